The number of hydrogen-bond donors (Lipinski definition) is 0. The van der Waals surface area contributed by atoms with Gasteiger partial charge >= 0.3 is 0 Å². The molecule has 5 nitrogen and oxygen atoms in total. The molecule has 0 fully saturated rings. The Bertz CT molecular complexity index is 5670. The van der Waals surface area contributed by atoms with E-state index in [1.807, 2.05) is 71.9 Å². The molecule has 13 rings (SSSR count). The van der Waals surface area contributed by atoms with Gasteiger partial charge in [0.2, 0.25) is 0 Å². The van der Waals surface area contributed by atoms with E-state index in [1.165, 1.54) is 12.1 Å². The number of nitrogens with zero attached hydrogens (tertiary/aromatic N) is 4. The van der Waals surface area contributed by atoms with Crippen molar-refractivity contribution in [1.82, 2.24) is 14.1 Å². The molecule has 3 aromatic heterocycles. The zero-order valence-electron chi connectivity index (χ0n) is 70.6. The van der Waals surface area contributed by atoms with Crippen molar-refractivity contribution in [3.05, 3.63) is 283 Å². The zero-order chi connectivity index (χ0) is 77.9. The van der Waals surface area contributed by atoms with Gasteiger partial charge in [-0.15, -0.1) is 29.7 Å². The predicted octanol–water partition coefficient (Wildman–Crippen LogP) is 15.5. The maximum atomic E-state index is 11.0. The van der Waals surface area contributed by atoms with Crippen LogP contribution in [0.3, 0.4) is 0 Å². The van der Waals surface area contributed by atoms with Gasteiger partial charge in [-0.05, 0) is 113 Å². The number of imidazole rings is 1. The van der Waals surface area contributed by atoms with E-state index in [2.05, 4.69) is 29.5 Å². The van der Waals surface area contributed by atoms with Crippen LogP contribution < -0.4 is 30.1 Å². The SMILES string of the molecule is [2H]c1c([2H])c([2H])c([Si](c2c([2H])c([2H])c([2H])c([2H])c2[2H])(c2c([2H])c([2H])c([2H])c([2H])c2[2H])c2c([2H])c([2H])c([2H])c(-c3cccc(-c4cc(C(C)(C)C)cc(C(C)(C)C)c4)c3-[n+]3[c-]n(-c4[c-]c(Oc5[c-]c6c(cc5)c5ccccc5n6-c5cc(C([2H])([2H])[2H])c(C([2H])([2H])[2H])cn5)ccc4)c4ccccc43)c2[2H])c([2H])c1[2H].[Pt]. The van der Waals surface area contributed by atoms with Gasteiger partial charge in [0.25, 0.3) is 6.33 Å². The average Bonchev–Trinajstić information content (AvgIpc) is 0.831. The predicted molar refractivity (Wildman–Crippen MR) is 341 cm³/mol. The largest absolute Gasteiger partial charge is 0.510 e. The number of pyridine rings is 1. The van der Waals surface area contributed by atoms with E-state index in [0.717, 1.165) is 22.7 Å². The minimum absolute atomic E-state index is 0. The third-order valence-corrected chi connectivity index (χ3v) is 18.6. The number of benzene rings is 10. The first kappa shape index (κ1) is 32.8. The fourth-order valence-electron chi connectivity index (χ4n) is 10.5. The molecule has 0 N–H and O–H groups in total. The van der Waals surface area contributed by atoms with Gasteiger partial charge < -0.3 is 13.9 Å². The van der Waals surface area contributed by atoms with Gasteiger partial charge in [-0.3, -0.25) is 4.57 Å². The quantitative estimate of drug-likeness (QED) is 0.0560. The van der Waals surface area contributed by atoms with Gasteiger partial charge in [0.05, 0.1) is 42.8 Å². The molecule has 0 amide bonds. The van der Waals surface area contributed by atoms with Crippen LogP contribution in [0.1, 0.15) is 98.1 Å². The topological polar surface area (TPSA) is 35.9 Å². The molecule has 0 atom stereocenters. The van der Waals surface area contributed by atoms with Gasteiger partial charge in [0, 0.05) is 52.5 Å². The first-order chi connectivity index (χ1) is 50.0. The van der Waals surface area contributed by atoms with Gasteiger partial charge in [-0.1, -0.05) is 241 Å². The average molecular weight is 1300 g/mol. The van der Waals surface area contributed by atoms with Crippen molar-refractivity contribution in [2.45, 2.75) is 66.1 Å². The summed E-state index contributed by atoms with van der Waals surface area (Å²) >= 11 is 0. The summed E-state index contributed by atoms with van der Waals surface area (Å²) in [5, 5.41) is -2.43. The fourth-order valence-corrected chi connectivity index (χ4v) is 14.0. The summed E-state index contributed by atoms with van der Waals surface area (Å²) in [5.74, 6) is 0.443. The minimum Gasteiger partial charge on any atom is -0.510 e. The van der Waals surface area contributed by atoms with Crippen LogP contribution in [0.4, 0.5) is 0 Å². The van der Waals surface area contributed by atoms with Crippen molar-refractivity contribution in [3.8, 4) is 50.9 Å². The molecular formula is C76H64N4OPtSi-2. The van der Waals surface area contributed by atoms with Crippen LogP contribution in [0.25, 0.3) is 72.3 Å². The Hall–Kier alpha value is -8.67. The van der Waals surface area contributed by atoms with Gasteiger partial charge in [0.15, 0.2) is 8.07 Å². The van der Waals surface area contributed by atoms with Crippen LogP contribution in [0, 0.1) is 32.2 Å². The molecule has 0 unspecified atom stereocenters. The Morgan fingerprint density at radius 1 is 0.542 bits per heavy atom. The molecular weight excluding hydrogens is 1210 g/mol. The van der Waals surface area contributed by atoms with E-state index in [9.17, 15) is 21.9 Å². The van der Waals surface area contributed by atoms with Crippen molar-refractivity contribution in [3.63, 3.8) is 0 Å². The second-order valence-electron chi connectivity index (χ2n) is 21.8. The molecule has 0 saturated carbocycles. The van der Waals surface area contributed by atoms with E-state index in [0.29, 0.717) is 44.3 Å². The number of ether oxygens (including phenoxy) is 1. The normalized spacial score (nSPS) is 16.6. The molecule has 13 aromatic rings. The number of aromatic nitrogens is 4. The molecule has 410 valence electrons. The smallest absolute Gasteiger partial charge is 0.268 e. The molecule has 0 bridgehead atoms. The molecule has 7 heteroatoms. The van der Waals surface area contributed by atoms with Gasteiger partial charge in [-0.25, -0.2) is 4.98 Å². The van der Waals surface area contributed by atoms with E-state index < -0.39 is 185 Å². The molecule has 0 aliphatic carbocycles. The molecule has 0 aliphatic rings. The Balaban J connectivity index is 0.0000109. The number of para-hydroxylation sites is 4. The molecule has 3 heterocycles. The van der Waals surface area contributed by atoms with Crippen LogP contribution in [-0.4, -0.2) is 22.2 Å². The van der Waals surface area contributed by atoms with E-state index in [-0.39, 0.29) is 49.6 Å². The number of hydrogen-bond acceptors (Lipinski definition) is 2. The number of fused-ring (bicyclic) bond motifs is 4. The molecule has 10 aromatic carbocycles. The second-order valence-corrected chi connectivity index (χ2v) is 25.3. The molecule has 0 spiro atoms. The van der Waals surface area contributed by atoms with E-state index in [1.54, 1.807) is 86.5 Å². The third-order valence-electron chi connectivity index (χ3n) is 14.6. The van der Waals surface area contributed by atoms with Crippen molar-refractivity contribution < 1.29 is 64.6 Å². The van der Waals surface area contributed by atoms with E-state index >= 15 is 0 Å². The zero-order valence-corrected chi connectivity index (χ0v) is 48.9. The fraction of sp³-hybridized carbons (Fsp3) is 0.132. The van der Waals surface area contributed by atoms with Crippen LogP contribution in [0.15, 0.2) is 242 Å². The van der Waals surface area contributed by atoms with Crippen molar-refractivity contribution in [1.29, 1.82) is 0 Å². The summed E-state index contributed by atoms with van der Waals surface area (Å²) < 4.78 is 243. The second kappa shape index (κ2) is 21.9. The number of rotatable bonds is 11. The summed E-state index contributed by atoms with van der Waals surface area (Å²) in [6.45, 7) is 6.68. The van der Waals surface area contributed by atoms with Crippen LogP contribution >= 0.6 is 0 Å². The first-order valence-corrected chi connectivity index (χ1v) is 28.3. The first-order valence-electron chi connectivity index (χ1n) is 38.8. The van der Waals surface area contributed by atoms with Crippen LogP contribution in [0.2, 0.25) is 0 Å². The van der Waals surface area contributed by atoms with Crippen molar-refractivity contribution in [2.24, 2.45) is 0 Å². The molecule has 0 radical (unpaired) electrons. The summed E-state index contributed by atoms with van der Waals surface area (Å²) in [4.78, 5) is 4.50. The molecule has 83 heavy (non-hydrogen) atoms. The summed E-state index contributed by atoms with van der Waals surface area (Å²) in [5.41, 5.74) is 2.81. The summed E-state index contributed by atoms with van der Waals surface area (Å²) in [6.07, 6.45) is 4.58. The Morgan fingerprint density at radius 3 is 1.78 bits per heavy atom. The van der Waals surface area contributed by atoms with Crippen molar-refractivity contribution in [2.75, 3.05) is 0 Å². The van der Waals surface area contributed by atoms with Crippen molar-refractivity contribution >= 4 is 61.7 Å². The maximum Gasteiger partial charge on any atom is 0.268 e. The molecule has 0 aliphatic heterocycles. The minimum atomic E-state index is -6.29. The standard InChI is InChI=1S/C76H64N4OSi.Pt/c1-52-43-73(77-50-53(52)2)80-69-38-19-18-35-67(69)68-42-41-60(49-72(68)80)81-59-27-23-26-58(48-59)78-51-79(71-40-21-20-39-70(71)78)74-65(36-24-37-66(74)55-44-56(75(3,4)5)47-57(45-55)76(6,7)8)54-25-22-34-64(46-54)82(61-28-12-9-13-29-61,62-30-14-10-15-31-62)63-32-16-11-17-33-63;/h9-47,50H,1-8H3;/q-2;/i1D3,2D3,9D,10D,11D,12D,13D,14D,15D,16D,17D,22D,25D,28D,29D,30D,31D,32D,33D,34D,46D;. The van der Waals surface area contributed by atoms with E-state index in [4.69, 9.17) is 17.1 Å². The Labute approximate surface area is 538 Å². The summed E-state index contributed by atoms with van der Waals surface area (Å²) in [6, 6.07) is 21.7. The van der Waals surface area contributed by atoms with Crippen LogP contribution in [-0.2, 0) is 31.9 Å². The van der Waals surface area contributed by atoms with Gasteiger partial charge in [-0.2, -0.15) is 18.2 Å². The monoisotopic (exact) mass is 1300 g/mol. The number of aryl methyl sites for hydroxylation is 2. The summed E-state index contributed by atoms with van der Waals surface area (Å²) in [7, 11) is -6.29. The Morgan fingerprint density at radius 2 is 1.13 bits per heavy atom. The van der Waals surface area contributed by atoms with Crippen LogP contribution in [0.5, 0.6) is 11.5 Å². The third kappa shape index (κ3) is 9.98. The van der Waals surface area contributed by atoms with Gasteiger partial charge in [0.1, 0.15) is 5.82 Å². The Kier molecular flexibility index (Phi) is 8.66. The maximum absolute atomic E-state index is 11.0. The molecule has 0 saturated heterocycles.